The first-order chi connectivity index (χ1) is 18.4. The zero-order valence-corrected chi connectivity index (χ0v) is 25.0. The summed E-state index contributed by atoms with van der Waals surface area (Å²) in [7, 11) is -3.44. The van der Waals surface area contributed by atoms with Crippen molar-refractivity contribution >= 4 is 50.8 Å². The van der Waals surface area contributed by atoms with Crippen molar-refractivity contribution in [1.29, 1.82) is 0 Å². The molecule has 13 heteroatoms. The molecule has 0 saturated carbocycles. The zero-order chi connectivity index (χ0) is 28.4. The van der Waals surface area contributed by atoms with Crippen molar-refractivity contribution in [2.75, 3.05) is 36.9 Å². The molecule has 2 aromatic heterocycles. The summed E-state index contributed by atoms with van der Waals surface area (Å²) < 4.78 is 32.4. The number of halogens is 2. The molecule has 1 amide bonds. The van der Waals surface area contributed by atoms with Crippen LogP contribution in [0.4, 0.5) is 11.6 Å². The molecular weight excluding hydrogens is 563 g/mol. The molecule has 2 unspecified atom stereocenters. The molecule has 39 heavy (non-hydrogen) atoms. The van der Waals surface area contributed by atoms with E-state index < -0.39 is 21.2 Å². The fourth-order valence-electron chi connectivity index (χ4n) is 5.01. The van der Waals surface area contributed by atoms with Crippen LogP contribution in [0.25, 0.3) is 11.3 Å². The Bertz CT molecular complexity index is 1310. The van der Waals surface area contributed by atoms with Crippen molar-refractivity contribution in [3.63, 3.8) is 0 Å². The summed E-state index contributed by atoms with van der Waals surface area (Å²) in [6.45, 7) is 9.48. The Labute approximate surface area is 240 Å². The van der Waals surface area contributed by atoms with Crippen LogP contribution in [-0.4, -0.2) is 70.7 Å². The highest BCUT2D eigenvalue weighted by molar-refractivity contribution is 7.89. The number of aromatic nitrogens is 3. The van der Waals surface area contributed by atoms with Crippen LogP contribution < -0.4 is 10.6 Å². The van der Waals surface area contributed by atoms with Gasteiger partial charge in [0.2, 0.25) is 15.9 Å². The molecule has 2 aliphatic heterocycles. The van der Waals surface area contributed by atoms with E-state index in [4.69, 9.17) is 27.9 Å². The van der Waals surface area contributed by atoms with Crippen LogP contribution in [0, 0.1) is 11.8 Å². The minimum Gasteiger partial charge on any atom is -0.376 e. The second kappa shape index (κ2) is 12.2. The number of piperidine rings is 1. The SMILES string of the molecule is CC(C)S(=O)(=O)N1CCCC(C(=O)Nc2cc(-c3nc(NCC4CCOC(C)(C)C4)cnc3Cl)c(Cl)cn2)C1. The quantitative estimate of drug-likeness (QED) is 0.441. The van der Waals surface area contributed by atoms with Gasteiger partial charge < -0.3 is 15.4 Å². The molecule has 2 fully saturated rings. The number of anilines is 2. The smallest absolute Gasteiger partial charge is 0.229 e. The standard InChI is InChI=1S/C26H36Cl2N6O4S/c1-16(2)39(36,37)34-8-5-6-18(15-34)25(35)33-21-10-19(20(27)13-30-21)23-24(28)31-14-22(32-23)29-12-17-7-9-38-26(3,4)11-17/h10,13-14,16-18H,5-9,11-12,15H2,1-4H3,(H,29,32)(H,30,33,35). The van der Waals surface area contributed by atoms with Gasteiger partial charge in [0.05, 0.1) is 28.0 Å². The monoisotopic (exact) mass is 598 g/mol. The van der Waals surface area contributed by atoms with Crippen LogP contribution in [0.1, 0.15) is 53.4 Å². The number of hydrogen-bond acceptors (Lipinski definition) is 8. The Kier molecular flexibility index (Phi) is 9.37. The Morgan fingerprint density at radius 2 is 1.97 bits per heavy atom. The van der Waals surface area contributed by atoms with Crippen molar-refractivity contribution in [3.05, 3.63) is 28.6 Å². The first-order valence-electron chi connectivity index (χ1n) is 13.2. The number of hydrogen-bond donors (Lipinski definition) is 2. The van der Waals surface area contributed by atoms with E-state index >= 15 is 0 Å². The van der Waals surface area contributed by atoms with Gasteiger partial charge in [0.1, 0.15) is 17.3 Å². The normalized spacial score (nSPS) is 22.0. The predicted molar refractivity (Wildman–Crippen MR) is 154 cm³/mol. The van der Waals surface area contributed by atoms with Crippen LogP contribution in [0.15, 0.2) is 18.5 Å². The number of rotatable bonds is 8. The van der Waals surface area contributed by atoms with Crippen molar-refractivity contribution in [2.45, 2.75) is 64.2 Å². The average Bonchev–Trinajstić information content (AvgIpc) is 2.89. The van der Waals surface area contributed by atoms with Gasteiger partial charge in [-0.25, -0.2) is 27.7 Å². The van der Waals surface area contributed by atoms with E-state index in [0.717, 1.165) is 26.0 Å². The molecule has 2 aromatic rings. The third kappa shape index (κ3) is 7.38. The van der Waals surface area contributed by atoms with Crippen molar-refractivity contribution in [3.8, 4) is 11.3 Å². The number of sulfonamides is 1. The maximum Gasteiger partial charge on any atom is 0.229 e. The summed E-state index contributed by atoms with van der Waals surface area (Å²) in [6.07, 6.45) is 6.10. The first kappa shape index (κ1) is 29.9. The molecule has 0 aromatic carbocycles. The lowest BCUT2D eigenvalue weighted by Crippen LogP contribution is -2.46. The van der Waals surface area contributed by atoms with Gasteiger partial charge in [-0.3, -0.25) is 4.79 Å². The molecule has 10 nitrogen and oxygen atoms in total. The molecular formula is C26H36Cl2N6O4S. The number of carbonyl (C=O) groups excluding carboxylic acids is 1. The molecule has 0 aliphatic carbocycles. The van der Waals surface area contributed by atoms with Gasteiger partial charge in [-0.2, -0.15) is 0 Å². The minimum atomic E-state index is -3.44. The number of amides is 1. The molecule has 4 heterocycles. The molecule has 2 saturated heterocycles. The van der Waals surface area contributed by atoms with Gasteiger partial charge in [-0.1, -0.05) is 23.2 Å². The molecule has 2 aliphatic rings. The number of nitrogens with one attached hydrogen (secondary N) is 2. The topological polar surface area (TPSA) is 126 Å². The van der Waals surface area contributed by atoms with E-state index in [9.17, 15) is 13.2 Å². The summed E-state index contributed by atoms with van der Waals surface area (Å²) >= 11 is 12.9. The molecule has 0 bridgehead atoms. The predicted octanol–water partition coefficient (Wildman–Crippen LogP) is 4.85. The lowest BCUT2D eigenvalue weighted by molar-refractivity contribution is -0.120. The van der Waals surface area contributed by atoms with Gasteiger partial charge in [-0.05, 0) is 65.4 Å². The van der Waals surface area contributed by atoms with Gasteiger partial charge in [0, 0.05) is 38.0 Å². The number of nitrogens with zero attached hydrogens (tertiary/aromatic N) is 4. The van der Waals surface area contributed by atoms with Gasteiger partial charge in [0.25, 0.3) is 0 Å². The Morgan fingerprint density at radius 3 is 2.69 bits per heavy atom. The first-order valence-corrected chi connectivity index (χ1v) is 15.5. The summed E-state index contributed by atoms with van der Waals surface area (Å²) in [5, 5.41) is 6.09. The van der Waals surface area contributed by atoms with Crippen LogP contribution in [-0.2, 0) is 19.6 Å². The van der Waals surface area contributed by atoms with E-state index in [0.29, 0.717) is 47.4 Å². The maximum absolute atomic E-state index is 13.1. The van der Waals surface area contributed by atoms with E-state index in [1.807, 2.05) is 0 Å². The summed E-state index contributed by atoms with van der Waals surface area (Å²) in [5.41, 5.74) is 0.692. The van der Waals surface area contributed by atoms with E-state index in [2.05, 4.69) is 39.4 Å². The number of ether oxygens (including phenoxy) is 1. The highest BCUT2D eigenvalue weighted by Crippen LogP contribution is 2.34. The van der Waals surface area contributed by atoms with Crippen LogP contribution in [0.5, 0.6) is 0 Å². The van der Waals surface area contributed by atoms with Gasteiger partial charge in [0.15, 0.2) is 5.15 Å². The Morgan fingerprint density at radius 1 is 1.21 bits per heavy atom. The molecule has 0 spiro atoms. The summed E-state index contributed by atoms with van der Waals surface area (Å²) in [4.78, 5) is 26.2. The van der Waals surface area contributed by atoms with E-state index in [1.54, 1.807) is 26.1 Å². The van der Waals surface area contributed by atoms with Crippen molar-refractivity contribution in [1.82, 2.24) is 19.3 Å². The summed E-state index contributed by atoms with van der Waals surface area (Å²) in [6, 6.07) is 1.60. The third-order valence-electron chi connectivity index (χ3n) is 7.17. The zero-order valence-electron chi connectivity index (χ0n) is 22.7. The highest BCUT2D eigenvalue weighted by atomic mass is 35.5. The molecule has 214 valence electrons. The van der Waals surface area contributed by atoms with Crippen molar-refractivity contribution in [2.24, 2.45) is 11.8 Å². The van der Waals surface area contributed by atoms with Crippen LogP contribution >= 0.6 is 23.2 Å². The number of pyridine rings is 1. The molecule has 2 N–H and O–H groups in total. The van der Waals surface area contributed by atoms with Gasteiger partial charge >= 0.3 is 0 Å². The Hall–Kier alpha value is -2.05. The number of carbonyl (C=O) groups is 1. The largest absolute Gasteiger partial charge is 0.376 e. The van der Waals surface area contributed by atoms with Crippen LogP contribution in [0.3, 0.4) is 0 Å². The Balaban J connectivity index is 1.47. The van der Waals surface area contributed by atoms with Crippen LogP contribution in [0.2, 0.25) is 10.2 Å². The fourth-order valence-corrected chi connectivity index (χ4v) is 6.77. The lowest BCUT2D eigenvalue weighted by Gasteiger charge is -2.35. The summed E-state index contributed by atoms with van der Waals surface area (Å²) in [5.74, 6) is 0.479. The average molecular weight is 600 g/mol. The molecule has 0 radical (unpaired) electrons. The molecule has 4 rings (SSSR count). The van der Waals surface area contributed by atoms with Gasteiger partial charge in [-0.15, -0.1) is 0 Å². The van der Waals surface area contributed by atoms with E-state index in [1.165, 1.54) is 10.5 Å². The lowest BCUT2D eigenvalue weighted by atomic mass is 9.88. The third-order valence-corrected chi connectivity index (χ3v) is 9.99. The maximum atomic E-state index is 13.1. The van der Waals surface area contributed by atoms with E-state index in [-0.39, 0.29) is 29.0 Å². The second-order valence-electron chi connectivity index (χ2n) is 11.1. The highest BCUT2D eigenvalue weighted by Gasteiger charge is 2.34. The molecule has 2 atom stereocenters. The minimum absolute atomic E-state index is 0.141. The second-order valence-corrected chi connectivity index (χ2v) is 14.3. The fraction of sp³-hybridized carbons (Fsp3) is 0.615. The van der Waals surface area contributed by atoms with Crippen molar-refractivity contribution < 1.29 is 17.9 Å².